The Labute approximate surface area is 163 Å². The maximum Gasteiger partial charge on any atom is 0.331 e. The van der Waals surface area contributed by atoms with Crippen molar-refractivity contribution in [1.29, 1.82) is 0 Å². The van der Waals surface area contributed by atoms with Gasteiger partial charge in [-0.15, -0.1) is 0 Å². The molecule has 2 aromatic heterocycles. The number of quaternary nitrogens is 1. The van der Waals surface area contributed by atoms with Crippen LogP contribution in [0.2, 0.25) is 0 Å². The van der Waals surface area contributed by atoms with Gasteiger partial charge in [-0.2, -0.15) is 0 Å². The highest BCUT2D eigenvalue weighted by molar-refractivity contribution is 7.19. The summed E-state index contributed by atoms with van der Waals surface area (Å²) in [6, 6.07) is 3.31. The lowest BCUT2D eigenvalue weighted by molar-refractivity contribution is -0.310. The number of thiazole rings is 1. The Morgan fingerprint density at radius 3 is 2.78 bits per heavy atom. The molecule has 1 saturated heterocycles. The minimum absolute atomic E-state index is 0.0445. The Morgan fingerprint density at radius 2 is 2.11 bits per heavy atom. The third-order valence-corrected chi connectivity index (χ3v) is 5.81. The van der Waals surface area contributed by atoms with Crippen LogP contribution in [0.25, 0.3) is 10.4 Å². The highest BCUT2D eigenvalue weighted by Crippen LogP contribution is 2.34. The fourth-order valence-corrected chi connectivity index (χ4v) is 4.16. The molecule has 0 spiro atoms. The van der Waals surface area contributed by atoms with Crippen molar-refractivity contribution >= 4 is 28.4 Å². The Kier molecular flexibility index (Phi) is 5.30. The van der Waals surface area contributed by atoms with Gasteiger partial charge in [0, 0.05) is 23.9 Å². The number of nitrogens with one attached hydrogen (secondary N) is 1. The number of pyridine rings is 1. The number of hydrogen-bond donors (Lipinski definition) is 2. The van der Waals surface area contributed by atoms with Crippen LogP contribution in [0.1, 0.15) is 45.0 Å². The summed E-state index contributed by atoms with van der Waals surface area (Å²) in [6.07, 6.45) is 3.29. The number of rotatable bonds is 3. The molecule has 27 heavy (non-hydrogen) atoms. The van der Waals surface area contributed by atoms with Crippen molar-refractivity contribution in [3.63, 3.8) is 0 Å². The van der Waals surface area contributed by atoms with Crippen molar-refractivity contribution in [2.45, 2.75) is 52.0 Å². The second kappa shape index (κ2) is 7.36. The molecule has 3 heterocycles. The van der Waals surface area contributed by atoms with E-state index in [0.717, 1.165) is 28.2 Å². The average Bonchev–Trinajstić information content (AvgIpc) is 3.21. The predicted octanol–water partition coefficient (Wildman–Crippen LogP) is 2.58. The molecule has 1 aliphatic rings. The van der Waals surface area contributed by atoms with Gasteiger partial charge in [0.1, 0.15) is 6.04 Å². The molecule has 3 amide bonds. The first-order chi connectivity index (χ1) is 12.7. The number of urea groups is 1. The molecule has 2 aromatic rings. The Hall–Kier alpha value is -2.32. The molecular weight excluding hydrogens is 362 g/mol. The molecule has 1 fully saturated rings. The van der Waals surface area contributed by atoms with Gasteiger partial charge in [0.15, 0.2) is 5.13 Å². The van der Waals surface area contributed by atoms with Crippen LogP contribution in [0, 0.1) is 6.92 Å². The zero-order chi connectivity index (χ0) is 19.8. The number of likely N-dealkylation sites (tertiary alicyclic amines) is 1. The smallest absolute Gasteiger partial charge is 0.308 e. The van der Waals surface area contributed by atoms with Gasteiger partial charge in [0.25, 0.3) is 0 Å². The highest BCUT2D eigenvalue weighted by atomic mass is 32.1. The van der Waals surface area contributed by atoms with Crippen molar-refractivity contribution in [2.75, 3.05) is 11.9 Å². The number of anilines is 1. The van der Waals surface area contributed by atoms with E-state index in [-0.39, 0.29) is 17.4 Å². The van der Waals surface area contributed by atoms with Gasteiger partial charge in [0.2, 0.25) is 0 Å². The van der Waals surface area contributed by atoms with E-state index in [9.17, 15) is 9.59 Å². The molecule has 1 aliphatic heterocycles. The molecule has 0 aliphatic carbocycles. The van der Waals surface area contributed by atoms with Crippen molar-refractivity contribution in [3.8, 4) is 10.4 Å². The van der Waals surface area contributed by atoms with Crippen LogP contribution in [0.4, 0.5) is 9.93 Å². The zero-order valence-corrected chi connectivity index (χ0v) is 17.0. The number of nitrogens with zero attached hydrogens (tertiary/aromatic N) is 3. The molecule has 4 N–H and O–H groups in total. The summed E-state index contributed by atoms with van der Waals surface area (Å²) in [5.41, 5.74) is 6.32. The van der Waals surface area contributed by atoms with Crippen LogP contribution in [0.15, 0.2) is 18.3 Å². The fraction of sp³-hybridized carbons (Fsp3) is 0.474. The third-order valence-electron chi connectivity index (χ3n) is 4.69. The first-order valence-corrected chi connectivity index (χ1v) is 9.86. The Bertz CT molecular complexity index is 871. The van der Waals surface area contributed by atoms with Crippen molar-refractivity contribution in [3.05, 3.63) is 29.7 Å². The topological polar surface area (TPSA) is 103 Å². The molecule has 0 bridgehead atoms. The van der Waals surface area contributed by atoms with Crippen LogP contribution < -0.4 is 11.1 Å². The number of carbonyl (C=O) groups excluding carboxylic acids is 2. The second-order valence-electron chi connectivity index (χ2n) is 7.86. The Balaban J connectivity index is 1.81. The number of aromatic nitrogens is 2. The van der Waals surface area contributed by atoms with E-state index < -0.39 is 6.04 Å². The number of carbonyl (C=O) groups is 2. The lowest BCUT2D eigenvalue weighted by atomic mass is 9.90. The van der Waals surface area contributed by atoms with Crippen LogP contribution in [0.3, 0.4) is 0 Å². The van der Waals surface area contributed by atoms with Gasteiger partial charge in [0.05, 0.1) is 10.6 Å². The molecule has 1 unspecified atom stereocenters. The molecular formula is C19H26N5O2S+. The molecule has 8 heteroatoms. The lowest BCUT2D eigenvalue weighted by Crippen LogP contribution is -2.65. The molecule has 144 valence electrons. The average molecular weight is 389 g/mol. The maximum absolute atomic E-state index is 12.6. The predicted molar refractivity (Wildman–Crippen MR) is 105 cm³/mol. The minimum Gasteiger partial charge on any atom is -0.308 e. The normalized spacial score (nSPS) is 17.2. The van der Waals surface area contributed by atoms with Crippen LogP contribution in [-0.4, -0.2) is 39.4 Å². The summed E-state index contributed by atoms with van der Waals surface area (Å²) < 4.78 is 0. The lowest BCUT2D eigenvalue weighted by Gasteiger charge is -2.20. The van der Waals surface area contributed by atoms with E-state index in [0.29, 0.717) is 18.1 Å². The summed E-state index contributed by atoms with van der Waals surface area (Å²) in [5, 5.41) is 3.37. The van der Waals surface area contributed by atoms with E-state index >= 15 is 0 Å². The SMILES string of the molecule is Cc1nc(NC(=O)N2CCCC2C([NH3+])=O)sc1-c1ccnc(C(C)(C)C)c1. The van der Waals surface area contributed by atoms with Crippen molar-refractivity contribution < 1.29 is 15.3 Å². The van der Waals surface area contributed by atoms with E-state index in [2.05, 4.69) is 47.9 Å². The van der Waals surface area contributed by atoms with Crippen molar-refractivity contribution in [1.82, 2.24) is 14.9 Å². The summed E-state index contributed by atoms with van der Waals surface area (Å²) in [5.74, 6) is -0.217. The molecule has 3 rings (SSSR count). The number of aryl methyl sites for hydroxylation is 1. The van der Waals surface area contributed by atoms with E-state index in [1.807, 2.05) is 19.2 Å². The summed E-state index contributed by atoms with van der Waals surface area (Å²) in [6.45, 7) is 8.87. The minimum atomic E-state index is -0.430. The first kappa shape index (κ1) is 19.4. The van der Waals surface area contributed by atoms with Crippen LogP contribution in [-0.2, 0) is 10.2 Å². The number of amides is 3. The number of hydrogen-bond acceptors (Lipinski definition) is 5. The summed E-state index contributed by atoms with van der Waals surface area (Å²) in [7, 11) is 0. The summed E-state index contributed by atoms with van der Waals surface area (Å²) >= 11 is 1.43. The second-order valence-corrected chi connectivity index (χ2v) is 8.86. The van der Waals surface area contributed by atoms with E-state index in [4.69, 9.17) is 0 Å². The maximum atomic E-state index is 12.6. The van der Waals surface area contributed by atoms with Gasteiger partial charge in [-0.25, -0.2) is 14.6 Å². The molecule has 7 nitrogen and oxygen atoms in total. The van der Waals surface area contributed by atoms with Gasteiger partial charge >= 0.3 is 11.9 Å². The van der Waals surface area contributed by atoms with Crippen molar-refractivity contribution in [2.24, 2.45) is 0 Å². The van der Waals surface area contributed by atoms with E-state index in [1.54, 1.807) is 4.90 Å². The first-order valence-electron chi connectivity index (χ1n) is 9.04. The third kappa shape index (κ3) is 4.17. The molecule has 1 atom stereocenters. The van der Waals surface area contributed by atoms with E-state index in [1.165, 1.54) is 11.3 Å². The summed E-state index contributed by atoms with van der Waals surface area (Å²) in [4.78, 5) is 35.7. The quantitative estimate of drug-likeness (QED) is 0.843. The largest absolute Gasteiger partial charge is 0.331 e. The van der Waals surface area contributed by atoms with Crippen LogP contribution >= 0.6 is 11.3 Å². The molecule has 0 aromatic carbocycles. The Morgan fingerprint density at radius 1 is 1.37 bits per heavy atom. The van der Waals surface area contributed by atoms with Crippen LogP contribution in [0.5, 0.6) is 0 Å². The highest BCUT2D eigenvalue weighted by Gasteiger charge is 2.35. The standard InChI is InChI=1S/C19H25N5O2S/c1-11-15(12-7-8-21-14(10-12)19(2,3)4)27-17(22-11)23-18(26)24-9-5-6-13(24)16(20)25/h7-8,10,13H,5-6,9H2,1-4H3,(H2,20,25)(H,22,23,26)/p+1. The van der Waals surface area contributed by atoms with Gasteiger partial charge in [-0.1, -0.05) is 32.1 Å². The van der Waals surface area contributed by atoms with Gasteiger partial charge < -0.3 is 4.90 Å². The van der Waals surface area contributed by atoms with Gasteiger partial charge in [-0.3, -0.25) is 16.0 Å². The molecule has 0 radical (unpaired) electrons. The van der Waals surface area contributed by atoms with Gasteiger partial charge in [-0.05, 0) is 37.5 Å². The monoisotopic (exact) mass is 388 g/mol. The fourth-order valence-electron chi connectivity index (χ4n) is 3.21. The zero-order valence-electron chi connectivity index (χ0n) is 16.2. The molecule has 0 saturated carbocycles.